The number of sulfonamides is 1. The van der Waals surface area contributed by atoms with Crippen LogP contribution >= 0.6 is 0 Å². The number of fused-ring (bicyclic) bond motifs is 1. The zero-order chi connectivity index (χ0) is 17.5. The lowest BCUT2D eigenvalue weighted by molar-refractivity contribution is -0.122. The summed E-state index contributed by atoms with van der Waals surface area (Å²) in [6, 6.07) is 4.44. The summed E-state index contributed by atoms with van der Waals surface area (Å²) >= 11 is 0. The van der Waals surface area contributed by atoms with Crippen LogP contribution in [-0.2, 0) is 14.8 Å². The maximum atomic E-state index is 12.5. The van der Waals surface area contributed by atoms with Gasteiger partial charge in [0.1, 0.15) is 5.75 Å². The third-order valence-corrected chi connectivity index (χ3v) is 4.96. The number of carbonyl (C=O) groups excluding carboxylic acids is 1. The molecule has 0 radical (unpaired) electrons. The Bertz CT molecular complexity index is 889. The second-order valence-corrected chi connectivity index (χ2v) is 7.50. The maximum Gasteiger partial charge on any atom is 0.265 e. The Hall–Kier alpha value is -2.55. The number of benzene rings is 1. The van der Waals surface area contributed by atoms with Crippen molar-refractivity contribution in [3.8, 4) is 5.75 Å². The molecule has 0 unspecified atom stereocenters. The van der Waals surface area contributed by atoms with Crippen molar-refractivity contribution < 1.29 is 17.9 Å². The molecule has 8 nitrogen and oxygen atoms in total. The molecule has 2 N–H and O–H groups in total. The number of carbonyl (C=O) groups is 1. The van der Waals surface area contributed by atoms with Gasteiger partial charge < -0.3 is 10.1 Å². The smallest absolute Gasteiger partial charge is 0.265 e. The molecule has 0 spiro atoms. The van der Waals surface area contributed by atoms with E-state index in [9.17, 15) is 13.2 Å². The van der Waals surface area contributed by atoms with E-state index < -0.39 is 16.1 Å². The Labute approximate surface area is 139 Å². The minimum absolute atomic E-state index is 0.0434. The first-order valence-corrected chi connectivity index (χ1v) is 8.93. The van der Waals surface area contributed by atoms with E-state index in [1.807, 2.05) is 13.8 Å². The number of amides is 1. The van der Waals surface area contributed by atoms with E-state index in [1.165, 1.54) is 24.4 Å². The number of anilines is 2. The highest BCUT2D eigenvalue weighted by Gasteiger charge is 2.25. The van der Waals surface area contributed by atoms with Gasteiger partial charge in [-0.1, -0.05) is 0 Å². The molecule has 128 valence electrons. The van der Waals surface area contributed by atoms with E-state index >= 15 is 0 Å². The van der Waals surface area contributed by atoms with Crippen LogP contribution in [0, 0.1) is 0 Å². The molecule has 2 heterocycles. The molecule has 1 aliphatic heterocycles. The van der Waals surface area contributed by atoms with Gasteiger partial charge in [0.25, 0.3) is 15.9 Å². The van der Waals surface area contributed by atoms with E-state index in [0.29, 0.717) is 17.1 Å². The normalized spacial score (nSPS) is 17.2. The molecule has 1 aliphatic rings. The van der Waals surface area contributed by atoms with Crippen molar-refractivity contribution in [2.75, 3.05) is 10.0 Å². The summed E-state index contributed by atoms with van der Waals surface area (Å²) in [4.78, 5) is 11.6. The fraction of sp³-hybridized carbons (Fsp3) is 0.333. The Morgan fingerprint density at radius 3 is 2.79 bits per heavy atom. The minimum Gasteiger partial charge on any atom is -0.479 e. The van der Waals surface area contributed by atoms with Gasteiger partial charge in [0, 0.05) is 18.3 Å². The first-order chi connectivity index (χ1) is 11.3. The van der Waals surface area contributed by atoms with Crippen molar-refractivity contribution >= 4 is 27.3 Å². The molecule has 3 rings (SSSR count). The number of nitrogens with one attached hydrogen (secondary N) is 2. The van der Waals surface area contributed by atoms with Gasteiger partial charge in [-0.3, -0.25) is 14.2 Å². The molecule has 1 amide bonds. The zero-order valence-electron chi connectivity index (χ0n) is 13.5. The van der Waals surface area contributed by atoms with Gasteiger partial charge in [0.15, 0.2) is 6.10 Å². The van der Waals surface area contributed by atoms with Crippen LogP contribution in [-0.4, -0.2) is 30.2 Å². The molecule has 1 aromatic carbocycles. The van der Waals surface area contributed by atoms with E-state index in [2.05, 4.69) is 15.1 Å². The predicted molar refractivity (Wildman–Crippen MR) is 88.6 cm³/mol. The largest absolute Gasteiger partial charge is 0.479 e. The Morgan fingerprint density at radius 2 is 2.12 bits per heavy atom. The number of rotatable bonds is 4. The molecule has 9 heteroatoms. The highest BCUT2D eigenvalue weighted by Crippen LogP contribution is 2.32. The summed E-state index contributed by atoms with van der Waals surface area (Å²) < 4.78 is 34.6. The molecule has 24 heavy (non-hydrogen) atoms. The highest BCUT2D eigenvalue weighted by atomic mass is 32.2. The second-order valence-electron chi connectivity index (χ2n) is 5.82. The topological polar surface area (TPSA) is 102 Å². The van der Waals surface area contributed by atoms with Gasteiger partial charge in [0.2, 0.25) is 0 Å². The summed E-state index contributed by atoms with van der Waals surface area (Å²) in [7, 11) is -3.79. The standard InChI is InChI=1S/C15H18N4O4S/c1-9(2)19-8-11(7-16-19)18-24(21,22)12-4-5-13-14(6-12)23-10(3)15(20)17-13/h4-10,18H,1-3H3,(H,17,20)/t10-/m0/s1. The highest BCUT2D eigenvalue weighted by molar-refractivity contribution is 7.92. The third-order valence-electron chi connectivity index (χ3n) is 3.58. The van der Waals surface area contributed by atoms with Crippen molar-refractivity contribution in [3.63, 3.8) is 0 Å². The van der Waals surface area contributed by atoms with Crippen LogP contribution in [0.25, 0.3) is 0 Å². The number of nitrogens with zero attached hydrogens (tertiary/aromatic N) is 2. The summed E-state index contributed by atoms with van der Waals surface area (Å²) in [6.07, 6.45) is 2.40. The Morgan fingerprint density at radius 1 is 1.38 bits per heavy atom. The fourth-order valence-electron chi connectivity index (χ4n) is 2.24. The first kappa shape index (κ1) is 16.3. The molecular formula is C15H18N4O4S. The molecule has 0 saturated heterocycles. The van der Waals surface area contributed by atoms with Gasteiger partial charge in [-0.25, -0.2) is 8.42 Å². The summed E-state index contributed by atoms with van der Waals surface area (Å²) in [6.45, 7) is 5.49. The average Bonchev–Trinajstić information content (AvgIpc) is 2.96. The quantitative estimate of drug-likeness (QED) is 0.878. The Balaban J connectivity index is 1.87. The van der Waals surface area contributed by atoms with Gasteiger partial charge in [-0.05, 0) is 32.9 Å². The first-order valence-electron chi connectivity index (χ1n) is 7.45. The molecule has 1 aromatic heterocycles. The molecular weight excluding hydrogens is 332 g/mol. The van der Waals surface area contributed by atoms with Gasteiger partial charge in [-0.15, -0.1) is 0 Å². The lowest BCUT2D eigenvalue weighted by atomic mass is 10.2. The lowest BCUT2D eigenvalue weighted by Crippen LogP contribution is -2.34. The van der Waals surface area contributed by atoms with Crippen LogP contribution in [0.15, 0.2) is 35.5 Å². The van der Waals surface area contributed by atoms with Crippen LogP contribution in [0.1, 0.15) is 26.8 Å². The van der Waals surface area contributed by atoms with Gasteiger partial charge >= 0.3 is 0 Å². The van der Waals surface area contributed by atoms with Gasteiger partial charge in [0.05, 0.1) is 22.5 Å². The zero-order valence-corrected chi connectivity index (χ0v) is 14.3. The molecule has 0 aliphatic carbocycles. The van der Waals surface area contributed by atoms with Crippen LogP contribution in [0.4, 0.5) is 11.4 Å². The summed E-state index contributed by atoms with van der Waals surface area (Å²) in [5.74, 6) is 0.0557. The molecule has 0 saturated carbocycles. The number of ether oxygens (including phenoxy) is 1. The lowest BCUT2D eigenvalue weighted by Gasteiger charge is -2.23. The second kappa shape index (κ2) is 5.82. The minimum atomic E-state index is -3.79. The third kappa shape index (κ3) is 3.07. The maximum absolute atomic E-state index is 12.5. The summed E-state index contributed by atoms with van der Waals surface area (Å²) in [5.41, 5.74) is 0.827. The van der Waals surface area contributed by atoms with Crippen molar-refractivity contribution in [2.24, 2.45) is 0 Å². The summed E-state index contributed by atoms with van der Waals surface area (Å²) in [5, 5.41) is 6.76. The van der Waals surface area contributed by atoms with Crippen molar-refractivity contribution in [2.45, 2.75) is 37.8 Å². The number of aromatic nitrogens is 2. The monoisotopic (exact) mass is 350 g/mol. The Kier molecular flexibility index (Phi) is 3.96. The van der Waals surface area contributed by atoms with E-state index in [4.69, 9.17) is 4.74 Å². The predicted octanol–water partition coefficient (Wildman–Crippen LogP) is 1.98. The van der Waals surface area contributed by atoms with E-state index in [-0.39, 0.29) is 16.8 Å². The fourth-order valence-corrected chi connectivity index (χ4v) is 3.28. The molecule has 2 aromatic rings. The van der Waals surface area contributed by atoms with E-state index in [0.717, 1.165) is 0 Å². The van der Waals surface area contributed by atoms with Crippen LogP contribution < -0.4 is 14.8 Å². The number of hydrogen-bond acceptors (Lipinski definition) is 5. The average molecular weight is 350 g/mol. The molecule has 0 bridgehead atoms. The number of hydrogen-bond donors (Lipinski definition) is 2. The van der Waals surface area contributed by atoms with Crippen LogP contribution in [0.3, 0.4) is 0 Å². The SMILES string of the molecule is CC(C)n1cc(NS(=O)(=O)c2ccc3c(c2)O[C@@H](C)C(=O)N3)cn1. The molecule has 1 atom stereocenters. The molecule has 0 fully saturated rings. The van der Waals surface area contributed by atoms with Crippen LogP contribution in [0.5, 0.6) is 5.75 Å². The van der Waals surface area contributed by atoms with Crippen molar-refractivity contribution in [1.82, 2.24) is 9.78 Å². The van der Waals surface area contributed by atoms with Crippen molar-refractivity contribution in [1.29, 1.82) is 0 Å². The van der Waals surface area contributed by atoms with Crippen molar-refractivity contribution in [3.05, 3.63) is 30.6 Å². The van der Waals surface area contributed by atoms with Gasteiger partial charge in [-0.2, -0.15) is 5.10 Å². The van der Waals surface area contributed by atoms with E-state index in [1.54, 1.807) is 17.8 Å². The van der Waals surface area contributed by atoms with Crippen LogP contribution in [0.2, 0.25) is 0 Å².